The molecule has 21 heavy (non-hydrogen) atoms. The molecule has 114 valence electrons. The maximum atomic E-state index is 6.29. The van der Waals surface area contributed by atoms with Gasteiger partial charge in [-0.3, -0.25) is 0 Å². The zero-order valence-corrected chi connectivity index (χ0v) is 12.8. The van der Waals surface area contributed by atoms with E-state index >= 15 is 0 Å². The lowest BCUT2D eigenvalue weighted by atomic mass is 9.95. The van der Waals surface area contributed by atoms with Crippen molar-refractivity contribution in [1.29, 1.82) is 0 Å². The molecule has 2 aromatic rings. The van der Waals surface area contributed by atoms with Gasteiger partial charge in [-0.25, -0.2) is 0 Å². The van der Waals surface area contributed by atoms with Crippen molar-refractivity contribution in [2.75, 3.05) is 7.11 Å². The van der Waals surface area contributed by atoms with Crippen molar-refractivity contribution in [3.05, 3.63) is 47.6 Å². The summed E-state index contributed by atoms with van der Waals surface area (Å²) < 4.78 is 10.8. The van der Waals surface area contributed by atoms with Crippen molar-refractivity contribution < 1.29 is 9.26 Å². The summed E-state index contributed by atoms with van der Waals surface area (Å²) >= 11 is 0. The van der Waals surface area contributed by atoms with E-state index < -0.39 is 0 Å². The minimum Gasteiger partial charge on any atom is -0.373 e. The molecule has 0 aliphatic rings. The van der Waals surface area contributed by atoms with E-state index in [-0.39, 0.29) is 18.1 Å². The highest BCUT2D eigenvalue weighted by atomic mass is 16.5. The Morgan fingerprint density at radius 3 is 2.62 bits per heavy atom. The highest BCUT2D eigenvalue weighted by Crippen LogP contribution is 2.29. The van der Waals surface area contributed by atoms with Crippen LogP contribution >= 0.6 is 0 Å². The van der Waals surface area contributed by atoms with Gasteiger partial charge in [0.2, 0.25) is 11.7 Å². The fraction of sp³-hybridized carbons (Fsp3) is 0.500. The molecule has 0 saturated carbocycles. The van der Waals surface area contributed by atoms with Crippen molar-refractivity contribution in [2.24, 2.45) is 5.73 Å². The van der Waals surface area contributed by atoms with Crippen LogP contribution in [0.5, 0.6) is 0 Å². The number of ether oxygens (including phenoxy) is 1. The van der Waals surface area contributed by atoms with Crippen molar-refractivity contribution in [1.82, 2.24) is 10.1 Å². The third kappa shape index (κ3) is 3.68. The molecule has 5 nitrogen and oxygen atoms in total. The monoisotopic (exact) mass is 289 g/mol. The Labute approximate surface area is 125 Å². The Hall–Kier alpha value is -1.72. The number of nitrogens with two attached hydrogens (primary N) is 1. The number of rotatable bonds is 7. The average molecular weight is 289 g/mol. The van der Waals surface area contributed by atoms with Crippen molar-refractivity contribution in [3.8, 4) is 0 Å². The van der Waals surface area contributed by atoms with Crippen molar-refractivity contribution in [3.63, 3.8) is 0 Å². The maximum Gasteiger partial charge on any atom is 0.231 e. The minimum atomic E-state index is -0.174. The van der Waals surface area contributed by atoms with Crippen LogP contribution in [-0.4, -0.2) is 17.3 Å². The van der Waals surface area contributed by atoms with Crippen LogP contribution in [0.25, 0.3) is 0 Å². The molecule has 0 amide bonds. The van der Waals surface area contributed by atoms with Gasteiger partial charge in [0.1, 0.15) is 6.10 Å². The predicted octanol–water partition coefficient (Wildman–Crippen LogP) is 3.36. The van der Waals surface area contributed by atoms with Crippen LogP contribution in [0.1, 0.15) is 62.0 Å². The standard InChI is InChI=1S/C16H23N3O2/c1-4-8-13(20-3)15-18-16(21-19-15)11(2)14(17)12-9-6-5-7-10-12/h5-7,9-11,13-14H,4,8,17H2,1-3H3. The Bertz CT molecular complexity index is 541. The molecule has 1 aromatic carbocycles. The first-order valence-corrected chi connectivity index (χ1v) is 7.34. The third-order valence-electron chi connectivity index (χ3n) is 3.69. The Balaban J connectivity index is 2.13. The maximum absolute atomic E-state index is 6.29. The van der Waals surface area contributed by atoms with Gasteiger partial charge < -0.3 is 15.0 Å². The average Bonchev–Trinajstić information content (AvgIpc) is 3.01. The topological polar surface area (TPSA) is 74.2 Å². The van der Waals surface area contributed by atoms with E-state index in [4.69, 9.17) is 15.0 Å². The molecule has 0 radical (unpaired) electrons. The molecule has 1 heterocycles. The molecular formula is C16H23N3O2. The molecule has 0 bridgehead atoms. The summed E-state index contributed by atoms with van der Waals surface area (Å²) in [6.45, 7) is 4.09. The van der Waals surface area contributed by atoms with Gasteiger partial charge in [0.15, 0.2) is 0 Å². The second kappa shape index (κ2) is 7.33. The molecule has 0 fully saturated rings. The largest absolute Gasteiger partial charge is 0.373 e. The molecule has 0 aliphatic heterocycles. The highest BCUT2D eigenvalue weighted by Gasteiger charge is 2.24. The van der Waals surface area contributed by atoms with E-state index in [1.54, 1.807) is 7.11 Å². The fourth-order valence-electron chi connectivity index (χ4n) is 2.30. The van der Waals surface area contributed by atoms with Crippen LogP contribution in [0.3, 0.4) is 0 Å². The van der Waals surface area contributed by atoms with E-state index in [0.29, 0.717) is 11.7 Å². The lowest BCUT2D eigenvalue weighted by Crippen LogP contribution is -2.18. The number of benzene rings is 1. The first-order valence-electron chi connectivity index (χ1n) is 7.34. The smallest absolute Gasteiger partial charge is 0.231 e. The summed E-state index contributed by atoms with van der Waals surface area (Å²) in [7, 11) is 1.66. The molecule has 3 unspecified atom stereocenters. The van der Waals surface area contributed by atoms with Crippen LogP contribution in [0.2, 0.25) is 0 Å². The molecule has 2 N–H and O–H groups in total. The van der Waals surface area contributed by atoms with Gasteiger partial charge in [0, 0.05) is 13.2 Å². The zero-order valence-electron chi connectivity index (χ0n) is 12.8. The number of hydrogen-bond acceptors (Lipinski definition) is 5. The molecule has 2 rings (SSSR count). The van der Waals surface area contributed by atoms with Crippen LogP contribution in [0.15, 0.2) is 34.9 Å². The van der Waals surface area contributed by atoms with Gasteiger partial charge in [-0.2, -0.15) is 4.98 Å². The van der Waals surface area contributed by atoms with Crippen LogP contribution in [-0.2, 0) is 4.74 Å². The minimum absolute atomic E-state index is 0.0483. The Kier molecular flexibility index (Phi) is 5.47. The number of nitrogens with zero attached hydrogens (tertiary/aromatic N) is 2. The van der Waals surface area contributed by atoms with E-state index in [9.17, 15) is 0 Å². The zero-order chi connectivity index (χ0) is 15.2. The van der Waals surface area contributed by atoms with Gasteiger partial charge in [0.25, 0.3) is 0 Å². The van der Waals surface area contributed by atoms with Gasteiger partial charge in [0.05, 0.1) is 5.92 Å². The first kappa shape index (κ1) is 15.7. The second-order valence-electron chi connectivity index (χ2n) is 5.23. The first-order chi connectivity index (χ1) is 10.2. The molecule has 0 aliphatic carbocycles. The van der Waals surface area contributed by atoms with E-state index in [0.717, 1.165) is 18.4 Å². The van der Waals surface area contributed by atoms with E-state index in [1.165, 1.54) is 0 Å². The summed E-state index contributed by atoms with van der Waals surface area (Å²) in [4.78, 5) is 4.46. The van der Waals surface area contributed by atoms with Crippen LogP contribution in [0, 0.1) is 0 Å². The molecule has 5 heteroatoms. The second-order valence-corrected chi connectivity index (χ2v) is 5.23. The normalized spacial score (nSPS) is 15.6. The fourth-order valence-corrected chi connectivity index (χ4v) is 2.30. The van der Waals surface area contributed by atoms with Gasteiger partial charge in [-0.1, -0.05) is 55.8 Å². The summed E-state index contributed by atoms with van der Waals surface area (Å²) in [5, 5.41) is 4.04. The lowest BCUT2D eigenvalue weighted by molar-refractivity contribution is 0.0854. The van der Waals surface area contributed by atoms with Crippen LogP contribution < -0.4 is 5.73 Å². The number of aromatic nitrogens is 2. The number of methoxy groups -OCH3 is 1. The van der Waals surface area contributed by atoms with Crippen LogP contribution in [0.4, 0.5) is 0 Å². The third-order valence-corrected chi connectivity index (χ3v) is 3.69. The Morgan fingerprint density at radius 2 is 2.00 bits per heavy atom. The molecule has 1 aromatic heterocycles. The van der Waals surface area contributed by atoms with Gasteiger partial charge in [-0.15, -0.1) is 0 Å². The quantitative estimate of drug-likeness (QED) is 0.846. The molecule has 3 atom stereocenters. The predicted molar refractivity (Wildman–Crippen MR) is 80.7 cm³/mol. The Morgan fingerprint density at radius 1 is 1.29 bits per heavy atom. The van der Waals surface area contributed by atoms with E-state index in [1.807, 2.05) is 37.3 Å². The molecular weight excluding hydrogens is 266 g/mol. The summed E-state index contributed by atoms with van der Waals surface area (Å²) in [6, 6.07) is 9.76. The van der Waals surface area contributed by atoms with Crippen molar-refractivity contribution >= 4 is 0 Å². The van der Waals surface area contributed by atoms with E-state index in [2.05, 4.69) is 17.1 Å². The number of hydrogen-bond donors (Lipinski definition) is 1. The summed E-state index contributed by atoms with van der Waals surface area (Å²) in [5.41, 5.74) is 7.35. The lowest BCUT2D eigenvalue weighted by Gasteiger charge is -2.16. The SMILES string of the molecule is CCCC(OC)c1noc(C(C)C(N)c2ccccc2)n1. The highest BCUT2D eigenvalue weighted by molar-refractivity contribution is 5.21. The molecule has 0 saturated heterocycles. The summed E-state index contributed by atoms with van der Waals surface area (Å²) in [6.07, 6.45) is 1.75. The van der Waals surface area contributed by atoms with Gasteiger partial charge in [-0.05, 0) is 12.0 Å². The summed E-state index contributed by atoms with van der Waals surface area (Å²) in [5.74, 6) is 1.11. The van der Waals surface area contributed by atoms with Gasteiger partial charge >= 0.3 is 0 Å². The van der Waals surface area contributed by atoms with Crippen molar-refractivity contribution in [2.45, 2.75) is 44.8 Å². The molecule has 0 spiro atoms.